The zero-order valence-corrected chi connectivity index (χ0v) is 11.6. The first-order valence-electron chi connectivity index (χ1n) is 6.54. The highest BCUT2D eigenvalue weighted by molar-refractivity contribution is 5.25. The van der Waals surface area contributed by atoms with Gasteiger partial charge in [-0.3, -0.25) is 0 Å². The van der Waals surface area contributed by atoms with E-state index in [9.17, 15) is 0 Å². The quantitative estimate of drug-likeness (QED) is 0.825. The van der Waals surface area contributed by atoms with Gasteiger partial charge in [-0.2, -0.15) is 5.10 Å². The number of aryl methyl sites for hydroxylation is 2. The molecule has 4 nitrogen and oxygen atoms in total. The lowest BCUT2D eigenvalue weighted by Crippen LogP contribution is -2.18. The average Bonchev–Trinajstić information content (AvgIpc) is 2.35. The van der Waals surface area contributed by atoms with Gasteiger partial charge in [0, 0.05) is 6.54 Å². The molecule has 0 radical (unpaired) electrons. The summed E-state index contributed by atoms with van der Waals surface area (Å²) in [7, 11) is 0. The van der Waals surface area contributed by atoms with Crippen molar-refractivity contribution in [2.45, 2.75) is 47.5 Å². The molecule has 17 heavy (non-hydrogen) atoms. The predicted octanol–water partition coefficient (Wildman–Crippen LogP) is 2.70. The molecule has 1 aromatic heterocycles. The SMILES string of the molecule is CCc1nnc(NCC(C)C(C)C)nc1CC. The molecule has 1 rings (SSSR count). The van der Waals surface area contributed by atoms with E-state index in [1.807, 2.05) is 0 Å². The Morgan fingerprint density at radius 2 is 1.65 bits per heavy atom. The van der Waals surface area contributed by atoms with Crippen LogP contribution in [0, 0.1) is 11.8 Å². The Balaban J connectivity index is 2.66. The highest BCUT2D eigenvalue weighted by atomic mass is 15.2. The van der Waals surface area contributed by atoms with Gasteiger partial charge in [0.1, 0.15) is 0 Å². The van der Waals surface area contributed by atoms with Gasteiger partial charge in [0.15, 0.2) is 0 Å². The molecule has 1 N–H and O–H groups in total. The zero-order chi connectivity index (χ0) is 12.8. The molecule has 0 aromatic carbocycles. The molecule has 0 aliphatic carbocycles. The van der Waals surface area contributed by atoms with Crippen LogP contribution < -0.4 is 5.32 Å². The maximum Gasteiger partial charge on any atom is 0.242 e. The number of nitrogens with one attached hydrogen (secondary N) is 1. The third-order valence-electron chi connectivity index (χ3n) is 3.23. The Kier molecular flexibility index (Phi) is 5.32. The fraction of sp³-hybridized carbons (Fsp3) is 0.769. The van der Waals surface area contributed by atoms with Crippen molar-refractivity contribution in [1.82, 2.24) is 15.2 Å². The fourth-order valence-corrected chi connectivity index (χ4v) is 1.50. The van der Waals surface area contributed by atoms with Crippen LogP contribution in [-0.4, -0.2) is 21.7 Å². The number of hydrogen-bond donors (Lipinski definition) is 1. The van der Waals surface area contributed by atoms with Crippen molar-refractivity contribution in [2.24, 2.45) is 11.8 Å². The van der Waals surface area contributed by atoms with E-state index in [1.54, 1.807) is 0 Å². The average molecular weight is 236 g/mol. The van der Waals surface area contributed by atoms with Crippen molar-refractivity contribution in [3.8, 4) is 0 Å². The second-order valence-electron chi connectivity index (χ2n) is 4.84. The minimum atomic E-state index is 0.606. The van der Waals surface area contributed by atoms with Crippen LogP contribution in [0.4, 0.5) is 5.95 Å². The van der Waals surface area contributed by atoms with E-state index >= 15 is 0 Å². The lowest BCUT2D eigenvalue weighted by atomic mass is 9.98. The van der Waals surface area contributed by atoms with Crippen LogP contribution in [0.15, 0.2) is 0 Å². The van der Waals surface area contributed by atoms with Crippen molar-refractivity contribution in [3.05, 3.63) is 11.4 Å². The van der Waals surface area contributed by atoms with Gasteiger partial charge in [-0.15, -0.1) is 5.10 Å². The summed E-state index contributed by atoms with van der Waals surface area (Å²) in [4.78, 5) is 4.51. The summed E-state index contributed by atoms with van der Waals surface area (Å²) < 4.78 is 0. The molecule has 1 atom stereocenters. The largest absolute Gasteiger partial charge is 0.353 e. The molecule has 0 aliphatic rings. The lowest BCUT2D eigenvalue weighted by molar-refractivity contribution is 0.438. The monoisotopic (exact) mass is 236 g/mol. The number of rotatable bonds is 6. The molecule has 0 amide bonds. The van der Waals surface area contributed by atoms with E-state index in [1.165, 1.54) is 0 Å². The highest BCUT2D eigenvalue weighted by Gasteiger charge is 2.09. The van der Waals surface area contributed by atoms with Crippen LogP contribution >= 0.6 is 0 Å². The normalized spacial score (nSPS) is 12.8. The van der Waals surface area contributed by atoms with E-state index < -0.39 is 0 Å². The zero-order valence-electron chi connectivity index (χ0n) is 11.6. The molecule has 96 valence electrons. The van der Waals surface area contributed by atoms with E-state index in [0.29, 0.717) is 17.8 Å². The van der Waals surface area contributed by atoms with Crippen LogP contribution in [0.5, 0.6) is 0 Å². The predicted molar refractivity (Wildman–Crippen MR) is 71.1 cm³/mol. The van der Waals surface area contributed by atoms with Crippen LogP contribution in [0.1, 0.15) is 46.0 Å². The van der Waals surface area contributed by atoms with E-state index in [0.717, 1.165) is 30.8 Å². The number of anilines is 1. The molecule has 0 bridgehead atoms. The Morgan fingerprint density at radius 1 is 1.00 bits per heavy atom. The third-order valence-corrected chi connectivity index (χ3v) is 3.23. The van der Waals surface area contributed by atoms with Crippen molar-refractivity contribution < 1.29 is 0 Å². The molecule has 1 aromatic rings. The fourth-order valence-electron chi connectivity index (χ4n) is 1.50. The molecule has 4 heteroatoms. The van der Waals surface area contributed by atoms with Crippen LogP contribution in [0.3, 0.4) is 0 Å². The van der Waals surface area contributed by atoms with E-state index in [2.05, 4.69) is 55.1 Å². The highest BCUT2D eigenvalue weighted by Crippen LogP contribution is 2.11. The van der Waals surface area contributed by atoms with Gasteiger partial charge in [-0.1, -0.05) is 34.6 Å². The van der Waals surface area contributed by atoms with Crippen molar-refractivity contribution in [3.63, 3.8) is 0 Å². The van der Waals surface area contributed by atoms with Crippen LogP contribution in [0.2, 0.25) is 0 Å². The minimum absolute atomic E-state index is 0.606. The summed E-state index contributed by atoms with van der Waals surface area (Å²) in [5.41, 5.74) is 2.07. The molecule has 0 fully saturated rings. The van der Waals surface area contributed by atoms with Crippen molar-refractivity contribution in [2.75, 3.05) is 11.9 Å². The topological polar surface area (TPSA) is 50.7 Å². The summed E-state index contributed by atoms with van der Waals surface area (Å²) in [6, 6.07) is 0. The summed E-state index contributed by atoms with van der Waals surface area (Å²) in [5.74, 6) is 1.93. The summed E-state index contributed by atoms with van der Waals surface area (Å²) >= 11 is 0. The molecule has 0 saturated carbocycles. The van der Waals surface area contributed by atoms with Gasteiger partial charge in [0.25, 0.3) is 0 Å². The van der Waals surface area contributed by atoms with Crippen molar-refractivity contribution in [1.29, 1.82) is 0 Å². The summed E-state index contributed by atoms with van der Waals surface area (Å²) in [6.07, 6.45) is 1.80. The van der Waals surface area contributed by atoms with Gasteiger partial charge < -0.3 is 5.32 Å². The van der Waals surface area contributed by atoms with Gasteiger partial charge in [-0.05, 0) is 24.7 Å². The first kappa shape index (κ1) is 13.9. The molecule has 0 spiro atoms. The first-order valence-corrected chi connectivity index (χ1v) is 6.54. The Hall–Kier alpha value is -1.19. The molecular weight excluding hydrogens is 212 g/mol. The Bertz CT molecular complexity index is 349. The Labute approximate surface area is 104 Å². The standard InChI is InChI=1S/C13H24N4/c1-6-11-12(7-2)16-17-13(15-11)14-8-10(5)9(3)4/h9-10H,6-8H2,1-5H3,(H,14,15,17). The number of hydrogen-bond acceptors (Lipinski definition) is 4. The number of aromatic nitrogens is 3. The molecular formula is C13H24N4. The summed E-state index contributed by atoms with van der Waals surface area (Å²) in [6.45, 7) is 11.8. The lowest BCUT2D eigenvalue weighted by Gasteiger charge is -2.16. The van der Waals surface area contributed by atoms with Crippen molar-refractivity contribution >= 4 is 5.95 Å². The first-order chi connectivity index (χ1) is 8.08. The van der Waals surface area contributed by atoms with Gasteiger partial charge in [0.2, 0.25) is 5.95 Å². The van der Waals surface area contributed by atoms with E-state index in [-0.39, 0.29) is 0 Å². The molecule has 0 saturated heterocycles. The second-order valence-corrected chi connectivity index (χ2v) is 4.84. The minimum Gasteiger partial charge on any atom is -0.353 e. The van der Waals surface area contributed by atoms with Gasteiger partial charge >= 0.3 is 0 Å². The maximum absolute atomic E-state index is 4.51. The number of nitrogens with zero attached hydrogens (tertiary/aromatic N) is 3. The maximum atomic E-state index is 4.51. The smallest absolute Gasteiger partial charge is 0.242 e. The van der Waals surface area contributed by atoms with Crippen LogP contribution in [-0.2, 0) is 12.8 Å². The third kappa shape index (κ3) is 3.95. The molecule has 1 heterocycles. The van der Waals surface area contributed by atoms with Crippen LogP contribution in [0.25, 0.3) is 0 Å². The second kappa shape index (κ2) is 6.52. The van der Waals surface area contributed by atoms with Gasteiger partial charge in [-0.25, -0.2) is 4.98 Å². The summed E-state index contributed by atoms with van der Waals surface area (Å²) in [5, 5.41) is 11.6. The van der Waals surface area contributed by atoms with E-state index in [4.69, 9.17) is 0 Å². The Morgan fingerprint density at radius 3 is 2.18 bits per heavy atom. The van der Waals surface area contributed by atoms with Gasteiger partial charge in [0.05, 0.1) is 11.4 Å². The molecule has 0 aliphatic heterocycles. The molecule has 1 unspecified atom stereocenters.